The predicted octanol–water partition coefficient (Wildman–Crippen LogP) is 3.52. The Morgan fingerprint density at radius 3 is 2.03 bits per heavy atom. The van der Waals surface area contributed by atoms with Gasteiger partial charge in [0.2, 0.25) is 5.91 Å². The fourth-order valence-corrected chi connectivity index (χ4v) is 2.92. The topological polar surface area (TPSA) is 82.1 Å². The Balaban J connectivity index is 2.11. The van der Waals surface area contributed by atoms with E-state index in [-0.39, 0.29) is 37.6 Å². The molecule has 2 aromatic rings. The van der Waals surface area contributed by atoms with Crippen molar-refractivity contribution >= 4 is 29.3 Å². The number of methoxy groups -OCH3 is 3. The number of carbonyl (C=O) groups excluding carboxylic acids is 3. The summed E-state index contributed by atoms with van der Waals surface area (Å²) in [7, 11) is 4.31. The molecular formula is C22H24ClNO6. The Bertz CT molecular complexity index is 875. The summed E-state index contributed by atoms with van der Waals surface area (Å²) in [5.74, 6) is 0.0493. The lowest BCUT2D eigenvalue weighted by Gasteiger charge is -2.22. The second-order valence-corrected chi connectivity index (χ2v) is 6.91. The van der Waals surface area contributed by atoms with Crippen LogP contribution in [0.15, 0.2) is 42.5 Å². The van der Waals surface area contributed by atoms with Crippen LogP contribution in [0, 0.1) is 0 Å². The Morgan fingerprint density at radius 2 is 1.50 bits per heavy atom. The number of hydrogen-bond donors (Lipinski definition) is 0. The molecule has 2 rings (SSSR count). The van der Waals surface area contributed by atoms with Gasteiger partial charge in [0.05, 0.1) is 21.3 Å². The van der Waals surface area contributed by atoms with Crippen LogP contribution in [-0.4, -0.2) is 50.4 Å². The highest BCUT2D eigenvalue weighted by molar-refractivity contribution is 6.30. The molecule has 0 aliphatic carbocycles. The number of ether oxygens (including phenoxy) is 3. The zero-order valence-corrected chi connectivity index (χ0v) is 17.9. The van der Waals surface area contributed by atoms with Crippen molar-refractivity contribution in [3.63, 3.8) is 0 Å². The maximum absolute atomic E-state index is 12.8. The standard InChI is InChI=1S/C22H24ClNO6/c1-28-18-10-15(11-19(12-18)29-2)13-24(14-22(27)30-3)21(26)9-8-20(25)16-4-6-17(23)7-5-16/h4-7,10-12H,8-9,13-14H2,1-3H3. The second kappa shape index (κ2) is 11.2. The van der Waals surface area contributed by atoms with E-state index in [1.165, 1.54) is 26.2 Å². The molecule has 2 aromatic carbocycles. The third-order valence-corrected chi connectivity index (χ3v) is 4.67. The van der Waals surface area contributed by atoms with Gasteiger partial charge in [0.1, 0.15) is 18.0 Å². The minimum Gasteiger partial charge on any atom is -0.497 e. The van der Waals surface area contributed by atoms with Crippen LogP contribution in [0.4, 0.5) is 0 Å². The molecule has 7 nitrogen and oxygen atoms in total. The minimum atomic E-state index is -0.553. The van der Waals surface area contributed by atoms with E-state index in [9.17, 15) is 14.4 Å². The summed E-state index contributed by atoms with van der Waals surface area (Å²) in [5, 5.41) is 0.528. The number of Topliss-reactive ketones (excluding diaryl/α,β-unsaturated/α-hetero) is 1. The Hall–Kier alpha value is -3.06. The largest absolute Gasteiger partial charge is 0.497 e. The van der Waals surface area contributed by atoms with Crippen LogP contribution in [0.25, 0.3) is 0 Å². The molecule has 0 aliphatic rings. The number of ketones is 1. The average molecular weight is 434 g/mol. The third-order valence-electron chi connectivity index (χ3n) is 4.42. The zero-order chi connectivity index (χ0) is 22.1. The van der Waals surface area contributed by atoms with E-state index in [1.54, 1.807) is 42.5 Å². The van der Waals surface area contributed by atoms with Gasteiger partial charge in [-0.25, -0.2) is 0 Å². The normalized spacial score (nSPS) is 10.3. The van der Waals surface area contributed by atoms with Gasteiger partial charge in [-0.2, -0.15) is 0 Å². The lowest BCUT2D eigenvalue weighted by atomic mass is 10.1. The van der Waals surface area contributed by atoms with E-state index in [0.29, 0.717) is 27.6 Å². The van der Waals surface area contributed by atoms with Gasteiger partial charge in [0.25, 0.3) is 0 Å². The van der Waals surface area contributed by atoms with Crippen molar-refractivity contribution in [2.24, 2.45) is 0 Å². The molecule has 30 heavy (non-hydrogen) atoms. The molecule has 0 bridgehead atoms. The lowest BCUT2D eigenvalue weighted by molar-refractivity contribution is -0.147. The van der Waals surface area contributed by atoms with Crippen molar-refractivity contribution in [1.82, 2.24) is 4.90 Å². The first-order valence-electron chi connectivity index (χ1n) is 9.21. The van der Waals surface area contributed by atoms with Crippen molar-refractivity contribution in [2.75, 3.05) is 27.9 Å². The Kier molecular flexibility index (Phi) is 8.68. The van der Waals surface area contributed by atoms with Crippen LogP contribution in [0.3, 0.4) is 0 Å². The van der Waals surface area contributed by atoms with E-state index in [0.717, 1.165) is 0 Å². The summed E-state index contributed by atoms with van der Waals surface area (Å²) in [5.41, 5.74) is 1.19. The zero-order valence-electron chi connectivity index (χ0n) is 17.1. The molecule has 0 unspecified atom stereocenters. The first-order chi connectivity index (χ1) is 14.4. The van der Waals surface area contributed by atoms with Gasteiger partial charge >= 0.3 is 5.97 Å². The van der Waals surface area contributed by atoms with Crippen molar-refractivity contribution < 1.29 is 28.6 Å². The Labute approximate surface area is 180 Å². The first kappa shape index (κ1) is 23.2. The molecule has 0 heterocycles. The number of carbonyl (C=O) groups is 3. The molecule has 0 saturated heterocycles. The van der Waals surface area contributed by atoms with E-state index in [2.05, 4.69) is 0 Å². The lowest BCUT2D eigenvalue weighted by Crippen LogP contribution is -2.36. The maximum Gasteiger partial charge on any atom is 0.325 e. The predicted molar refractivity (Wildman–Crippen MR) is 112 cm³/mol. The first-order valence-corrected chi connectivity index (χ1v) is 9.59. The van der Waals surface area contributed by atoms with E-state index in [1.807, 2.05) is 0 Å². The number of amides is 1. The smallest absolute Gasteiger partial charge is 0.325 e. The molecule has 160 valence electrons. The third kappa shape index (κ3) is 6.77. The number of esters is 1. The SMILES string of the molecule is COC(=O)CN(Cc1cc(OC)cc(OC)c1)C(=O)CCC(=O)c1ccc(Cl)cc1. The highest BCUT2D eigenvalue weighted by atomic mass is 35.5. The molecule has 8 heteroatoms. The molecule has 0 saturated carbocycles. The molecule has 1 amide bonds. The van der Waals surface area contributed by atoms with Crippen molar-refractivity contribution in [1.29, 1.82) is 0 Å². The summed E-state index contributed by atoms with van der Waals surface area (Å²) in [6.45, 7) is -0.0966. The summed E-state index contributed by atoms with van der Waals surface area (Å²) in [4.78, 5) is 38.3. The quantitative estimate of drug-likeness (QED) is 0.421. The van der Waals surface area contributed by atoms with Gasteiger partial charge in [-0.15, -0.1) is 0 Å². The molecule has 0 radical (unpaired) electrons. The molecule has 0 atom stereocenters. The van der Waals surface area contributed by atoms with Gasteiger partial charge in [-0.3, -0.25) is 14.4 Å². The number of halogens is 1. The van der Waals surface area contributed by atoms with Gasteiger partial charge in [-0.1, -0.05) is 11.6 Å². The summed E-state index contributed by atoms with van der Waals surface area (Å²) in [6, 6.07) is 11.7. The molecule has 0 N–H and O–H groups in total. The summed E-state index contributed by atoms with van der Waals surface area (Å²) < 4.78 is 15.2. The van der Waals surface area contributed by atoms with Gasteiger partial charge < -0.3 is 19.1 Å². The Morgan fingerprint density at radius 1 is 0.900 bits per heavy atom. The van der Waals surface area contributed by atoms with Gasteiger partial charge in [-0.05, 0) is 42.0 Å². The van der Waals surface area contributed by atoms with Crippen molar-refractivity contribution in [3.05, 3.63) is 58.6 Å². The summed E-state index contributed by atoms with van der Waals surface area (Å²) >= 11 is 5.83. The van der Waals surface area contributed by atoms with Gasteiger partial charge in [0.15, 0.2) is 5.78 Å². The van der Waals surface area contributed by atoms with Crippen LogP contribution in [0.1, 0.15) is 28.8 Å². The molecule has 0 aromatic heterocycles. The van der Waals surface area contributed by atoms with Crippen LogP contribution in [0.5, 0.6) is 11.5 Å². The highest BCUT2D eigenvalue weighted by Gasteiger charge is 2.20. The van der Waals surface area contributed by atoms with Crippen molar-refractivity contribution in [2.45, 2.75) is 19.4 Å². The van der Waals surface area contributed by atoms with Crippen LogP contribution in [0.2, 0.25) is 5.02 Å². The fraction of sp³-hybridized carbons (Fsp3) is 0.318. The summed E-state index contributed by atoms with van der Waals surface area (Å²) in [6.07, 6.45) is -0.0286. The second-order valence-electron chi connectivity index (χ2n) is 6.48. The number of rotatable bonds is 10. The van der Waals surface area contributed by atoms with Crippen LogP contribution in [-0.2, 0) is 20.9 Å². The molecule has 0 aliphatic heterocycles. The van der Waals surface area contributed by atoms with Gasteiger partial charge in [0, 0.05) is 36.0 Å². The minimum absolute atomic E-state index is 0.0135. The van der Waals surface area contributed by atoms with E-state index in [4.69, 9.17) is 25.8 Å². The van der Waals surface area contributed by atoms with Crippen LogP contribution < -0.4 is 9.47 Å². The van der Waals surface area contributed by atoms with Crippen molar-refractivity contribution in [3.8, 4) is 11.5 Å². The van der Waals surface area contributed by atoms with Crippen LogP contribution >= 0.6 is 11.6 Å². The molecule has 0 spiro atoms. The number of nitrogens with zero attached hydrogens (tertiary/aromatic N) is 1. The van der Waals surface area contributed by atoms with E-state index >= 15 is 0 Å². The highest BCUT2D eigenvalue weighted by Crippen LogP contribution is 2.24. The van der Waals surface area contributed by atoms with E-state index < -0.39 is 5.97 Å². The average Bonchev–Trinajstić information content (AvgIpc) is 2.76. The molecular weight excluding hydrogens is 410 g/mol. The number of hydrogen-bond acceptors (Lipinski definition) is 6. The number of benzene rings is 2. The molecule has 0 fully saturated rings. The maximum atomic E-state index is 12.8. The fourth-order valence-electron chi connectivity index (χ4n) is 2.79. The monoisotopic (exact) mass is 433 g/mol.